The molecule has 0 fully saturated rings. The van der Waals surface area contributed by atoms with Crippen molar-refractivity contribution in [1.29, 1.82) is 0 Å². The normalized spacial score (nSPS) is 15.2. The van der Waals surface area contributed by atoms with E-state index in [9.17, 15) is 0 Å². The third kappa shape index (κ3) is 3.93. The number of benzene rings is 7. The maximum absolute atomic E-state index is 5.45. The van der Waals surface area contributed by atoms with Gasteiger partial charge in [-0.2, -0.15) is 0 Å². The van der Waals surface area contributed by atoms with Crippen LogP contribution in [0.15, 0.2) is 182 Å². The Morgan fingerprint density at radius 1 is 0.429 bits per heavy atom. The van der Waals surface area contributed by atoms with Gasteiger partial charge in [0.25, 0.3) is 0 Å². The first-order valence-electron chi connectivity index (χ1n) is 19.4. The molecule has 0 radical (unpaired) electrons. The molecule has 0 amide bonds. The van der Waals surface area contributed by atoms with E-state index in [0.29, 0.717) is 0 Å². The van der Waals surface area contributed by atoms with Crippen molar-refractivity contribution in [2.24, 2.45) is 0 Å². The minimum atomic E-state index is -0.539. The summed E-state index contributed by atoms with van der Waals surface area (Å²) in [5.41, 5.74) is 17.2. The van der Waals surface area contributed by atoms with Crippen molar-refractivity contribution in [1.82, 2.24) is 9.97 Å². The molecular weight excluding hydrogens is 681 g/mol. The summed E-state index contributed by atoms with van der Waals surface area (Å²) >= 11 is 0. The summed E-state index contributed by atoms with van der Waals surface area (Å²) in [6.45, 7) is 4.81. The first-order chi connectivity index (χ1) is 27.6. The van der Waals surface area contributed by atoms with Crippen molar-refractivity contribution in [3.8, 4) is 11.1 Å². The average molecular weight is 717 g/mol. The van der Waals surface area contributed by atoms with Gasteiger partial charge in [-0.05, 0) is 99.1 Å². The second-order valence-electron chi connectivity index (χ2n) is 15.7. The van der Waals surface area contributed by atoms with Crippen LogP contribution in [0, 0.1) is 0 Å². The van der Waals surface area contributed by atoms with Crippen LogP contribution in [0.5, 0.6) is 0 Å². The molecule has 1 aliphatic carbocycles. The summed E-state index contributed by atoms with van der Waals surface area (Å²) in [6.07, 6.45) is 1.86. The molecule has 4 heteroatoms. The zero-order chi connectivity index (χ0) is 37.2. The molecule has 1 spiro atoms. The summed E-state index contributed by atoms with van der Waals surface area (Å²) in [6, 6.07) is 64.5. The Kier molecular flexibility index (Phi) is 6.29. The highest BCUT2D eigenvalue weighted by Crippen LogP contribution is 2.66. The van der Waals surface area contributed by atoms with Crippen molar-refractivity contribution in [3.63, 3.8) is 0 Å². The van der Waals surface area contributed by atoms with Crippen molar-refractivity contribution < 1.29 is 0 Å². The molecule has 4 heterocycles. The van der Waals surface area contributed by atoms with Crippen LogP contribution in [0.2, 0.25) is 0 Å². The quantitative estimate of drug-likeness (QED) is 0.167. The summed E-state index contributed by atoms with van der Waals surface area (Å²) in [5.74, 6) is 0.882. The third-order valence-corrected chi connectivity index (χ3v) is 12.6. The second-order valence-corrected chi connectivity index (χ2v) is 15.7. The number of pyridine rings is 2. The van der Waals surface area contributed by atoms with Crippen LogP contribution >= 0.6 is 0 Å². The zero-order valence-corrected chi connectivity index (χ0v) is 31.1. The van der Waals surface area contributed by atoms with Gasteiger partial charge in [0.2, 0.25) is 0 Å². The molecular formula is C52H36N4. The number of aromatic nitrogens is 2. The fourth-order valence-corrected chi connectivity index (χ4v) is 10.4. The van der Waals surface area contributed by atoms with E-state index in [1.807, 2.05) is 12.3 Å². The van der Waals surface area contributed by atoms with Crippen LogP contribution in [0.4, 0.5) is 34.3 Å². The number of anilines is 6. The number of hydrogen-bond donors (Lipinski definition) is 0. The summed E-state index contributed by atoms with van der Waals surface area (Å²) in [4.78, 5) is 15.1. The van der Waals surface area contributed by atoms with Gasteiger partial charge in [0.15, 0.2) is 0 Å². The Morgan fingerprint density at radius 3 is 1.75 bits per heavy atom. The Hall–Kier alpha value is -7.04. The maximum atomic E-state index is 5.45. The lowest BCUT2D eigenvalue weighted by Gasteiger charge is -2.46. The molecule has 0 N–H and O–H groups in total. The summed E-state index contributed by atoms with van der Waals surface area (Å²) in [7, 11) is 0. The molecule has 7 aromatic carbocycles. The number of fused-ring (bicyclic) bond motifs is 15. The second kappa shape index (κ2) is 11.2. The highest BCUT2D eigenvalue weighted by Gasteiger charge is 2.54. The highest BCUT2D eigenvalue weighted by molar-refractivity contribution is 6.05. The Labute approximate surface area is 326 Å². The van der Waals surface area contributed by atoms with Gasteiger partial charge < -0.3 is 4.90 Å². The van der Waals surface area contributed by atoms with Gasteiger partial charge in [0, 0.05) is 28.1 Å². The van der Waals surface area contributed by atoms with Crippen LogP contribution in [-0.4, -0.2) is 9.97 Å². The predicted octanol–water partition coefficient (Wildman–Crippen LogP) is 13.0. The minimum Gasteiger partial charge on any atom is -0.310 e. The van der Waals surface area contributed by atoms with Gasteiger partial charge in [0.1, 0.15) is 5.82 Å². The number of nitrogens with zero attached hydrogens (tertiary/aromatic N) is 4. The first-order valence-corrected chi connectivity index (χ1v) is 19.4. The lowest BCUT2D eigenvalue weighted by atomic mass is 9.63. The molecule has 0 saturated heterocycles. The molecule has 2 aromatic heterocycles. The van der Waals surface area contributed by atoms with Crippen LogP contribution in [-0.2, 0) is 10.8 Å². The van der Waals surface area contributed by atoms with E-state index in [-0.39, 0.29) is 5.41 Å². The SMILES string of the molecule is CC1(C)c2ccccc2N(c2ccc3ccc4cccnc4c3n2)c2ccc3c(c21)-c1ccccc1C31c2ccccc2N(c2ccccc2)c2ccccc21. The molecule has 0 atom stereocenters. The third-order valence-electron chi connectivity index (χ3n) is 12.6. The monoisotopic (exact) mass is 716 g/mol. The van der Waals surface area contributed by atoms with E-state index >= 15 is 0 Å². The van der Waals surface area contributed by atoms with E-state index in [4.69, 9.17) is 9.97 Å². The molecule has 0 saturated carbocycles. The molecule has 9 aromatic rings. The van der Waals surface area contributed by atoms with Gasteiger partial charge >= 0.3 is 0 Å². The van der Waals surface area contributed by atoms with Gasteiger partial charge in [-0.25, -0.2) is 4.98 Å². The minimum absolute atomic E-state index is 0.332. The highest BCUT2D eigenvalue weighted by atomic mass is 15.2. The van der Waals surface area contributed by atoms with Crippen molar-refractivity contribution in [2.75, 3.05) is 9.80 Å². The fraction of sp³-hybridized carbons (Fsp3) is 0.0769. The molecule has 264 valence electrons. The van der Waals surface area contributed by atoms with Gasteiger partial charge in [-0.3, -0.25) is 9.88 Å². The Bertz CT molecular complexity index is 3040. The number of para-hydroxylation sites is 4. The van der Waals surface area contributed by atoms with Crippen LogP contribution < -0.4 is 9.80 Å². The number of rotatable bonds is 2. The summed E-state index contributed by atoms with van der Waals surface area (Å²) in [5, 5.41) is 2.17. The van der Waals surface area contributed by atoms with Gasteiger partial charge in [-0.1, -0.05) is 135 Å². The lowest BCUT2D eigenvalue weighted by Crippen LogP contribution is -2.36. The van der Waals surface area contributed by atoms with Gasteiger partial charge in [-0.15, -0.1) is 0 Å². The van der Waals surface area contributed by atoms with Crippen LogP contribution in [0.3, 0.4) is 0 Å². The number of hydrogen-bond acceptors (Lipinski definition) is 4. The standard InChI is InChI=1S/C52H36N4/c1-51(2)38-20-8-11-23-42(38)56(46-31-28-34-27-26-33-15-14-32-53-49(33)50(34)54-46)45-30-29-41-47(48(45)51)36-18-6-7-19-37(36)52(41)39-21-9-12-24-43(39)55(35-16-4-3-5-17-35)44-25-13-10-22-40(44)52/h3-32H,1-2H3. The van der Waals surface area contributed by atoms with Crippen LogP contribution in [0.1, 0.15) is 47.2 Å². The fourth-order valence-electron chi connectivity index (χ4n) is 10.4. The van der Waals surface area contributed by atoms with Crippen LogP contribution in [0.25, 0.3) is 32.9 Å². The molecule has 12 rings (SSSR count). The van der Waals surface area contributed by atoms with Crippen molar-refractivity contribution in [3.05, 3.63) is 216 Å². The molecule has 2 aliphatic heterocycles. The molecule has 0 unspecified atom stereocenters. The van der Waals surface area contributed by atoms with E-state index in [2.05, 4.69) is 194 Å². The van der Waals surface area contributed by atoms with Gasteiger partial charge in [0.05, 0.1) is 39.2 Å². The van der Waals surface area contributed by atoms with E-state index in [1.165, 1.54) is 55.9 Å². The van der Waals surface area contributed by atoms with E-state index < -0.39 is 5.41 Å². The van der Waals surface area contributed by atoms with E-state index in [1.54, 1.807) is 0 Å². The first kappa shape index (κ1) is 31.3. The predicted molar refractivity (Wildman–Crippen MR) is 229 cm³/mol. The molecule has 3 aliphatic rings. The molecule has 0 bridgehead atoms. The summed E-state index contributed by atoms with van der Waals surface area (Å²) < 4.78 is 0. The molecule has 56 heavy (non-hydrogen) atoms. The topological polar surface area (TPSA) is 32.3 Å². The maximum Gasteiger partial charge on any atom is 0.138 e. The average Bonchev–Trinajstić information content (AvgIpc) is 3.54. The van der Waals surface area contributed by atoms with Crippen molar-refractivity contribution in [2.45, 2.75) is 24.7 Å². The Morgan fingerprint density at radius 2 is 1.02 bits per heavy atom. The molecule has 4 nitrogen and oxygen atoms in total. The van der Waals surface area contributed by atoms with E-state index in [0.717, 1.165) is 44.7 Å². The Balaban J connectivity index is 1.18. The smallest absolute Gasteiger partial charge is 0.138 e. The largest absolute Gasteiger partial charge is 0.310 e. The zero-order valence-electron chi connectivity index (χ0n) is 31.1. The van der Waals surface area contributed by atoms with Crippen molar-refractivity contribution >= 4 is 56.1 Å². The lowest BCUT2D eigenvalue weighted by molar-refractivity contribution is 0.631.